The number of alkyl halides is 1. The Balaban J connectivity index is 2.51. The van der Waals surface area contributed by atoms with E-state index in [1.807, 2.05) is 0 Å². The Labute approximate surface area is 93.4 Å². The zero-order chi connectivity index (χ0) is 11.8. The molecule has 0 N–H and O–H groups in total. The van der Waals surface area contributed by atoms with Crippen LogP contribution in [0.3, 0.4) is 0 Å². The fourth-order valence-corrected chi connectivity index (χ4v) is 1.14. The first-order valence-corrected chi connectivity index (χ1v) is 5.03. The summed E-state index contributed by atoms with van der Waals surface area (Å²) in [4.78, 5) is 9.93. The standard InChI is InChI=1S/C12H12FNO2/c13-10-4-2-1-3-5-11-6-8-12(9-7-11)14(15)16/h6-9H,1-2,4,10H2. The molecule has 0 saturated carbocycles. The van der Waals surface area contributed by atoms with E-state index in [0.717, 1.165) is 12.0 Å². The minimum absolute atomic E-state index is 0.0583. The van der Waals surface area contributed by atoms with Crippen molar-refractivity contribution in [3.8, 4) is 11.8 Å². The molecule has 16 heavy (non-hydrogen) atoms. The maximum Gasteiger partial charge on any atom is 0.269 e. The zero-order valence-electron chi connectivity index (χ0n) is 8.78. The van der Waals surface area contributed by atoms with Gasteiger partial charge in [0.15, 0.2) is 0 Å². The number of nitro groups is 1. The lowest BCUT2D eigenvalue weighted by atomic mass is 10.2. The van der Waals surface area contributed by atoms with E-state index in [4.69, 9.17) is 0 Å². The van der Waals surface area contributed by atoms with E-state index in [-0.39, 0.29) is 12.4 Å². The van der Waals surface area contributed by atoms with Crippen LogP contribution in [0.15, 0.2) is 24.3 Å². The average molecular weight is 221 g/mol. The van der Waals surface area contributed by atoms with Crippen LogP contribution >= 0.6 is 0 Å². The highest BCUT2D eigenvalue weighted by atomic mass is 19.1. The van der Waals surface area contributed by atoms with Crippen molar-refractivity contribution in [3.05, 3.63) is 39.9 Å². The summed E-state index contributed by atoms with van der Waals surface area (Å²) in [5.74, 6) is 5.77. The first-order chi connectivity index (χ1) is 7.74. The van der Waals surface area contributed by atoms with Gasteiger partial charge in [0, 0.05) is 24.1 Å². The van der Waals surface area contributed by atoms with Crippen LogP contribution in [0.4, 0.5) is 10.1 Å². The van der Waals surface area contributed by atoms with Gasteiger partial charge in [-0.25, -0.2) is 0 Å². The molecule has 0 unspecified atom stereocenters. The molecule has 0 atom stereocenters. The first kappa shape index (κ1) is 12.2. The van der Waals surface area contributed by atoms with Gasteiger partial charge in [0.1, 0.15) is 0 Å². The molecular formula is C12H12FNO2. The molecule has 0 aromatic heterocycles. The lowest BCUT2D eigenvalue weighted by molar-refractivity contribution is -0.384. The largest absolute Gasteiger partial charge is 0.269 e. The van der Waals surface area contributed by atoms with Gasteiger partial charge in [-0.1, -0.05) is 11.8 Å². The van der Waals surface area contributed by atoms with Crippen molar-refractivity contribution in [2.24, 2.45) is 0 Å². The van der Waals surface area contributed by atoms with E-state index in [0.29, 0.717) is 12.8 Å². The summed E-state index contributed by atoms with van der Waals surface area (Å²) in [5, 5.41) is 10.4. The number of hydrogen-bond acceptors (Lipinski definition) is 2. The summed E-state index contributed by atoms with van der Waals surface area (Å²) in [7, 11) is 0. The second-order valence-electron chi connectivity index (χ2n) is 3.25. The number of nitro benzene ring substituents is 1. The zero-order valence-corrected chi connectivity index (χ0v) is 8.78. The number of unbranched alkanes of at least 4 members (excludes halogenated alkanes) is 2. The van der Waals surface area contributed by atoms with Crippen LogP contribution < -0.4 is 0 Å². The first-order valence-electron chi connectivity index (χ1n) is 5.03. The van der Waals surface area contributed by atoms with E-state index < -0.39 is 4.92 Å². The van der Waals surface area contributed by atoms with Crippen LogP contribution in [0.2, 0.25) is 0 Å². The molecule has 0 amide bonds. The van der Waals surface area contributed by atoms with Crippen molar-refractivity contribution in [1.29, 1.82) is 0 Å². The molecule has 0 heterocycles. The van der Waals surface area contributed by atoms with Gasteiger partial charge in [-0.2, -0.15) is 0 Å². The second-order valence-corrected chi connectivity index (χ2v) is 3.25. The predicted molar refractivity (Wildman–Crippen MR) is 59.8 cm³/mol. The fraction of sp³-hybridized carbons (Fsp3) is 0.333. The number of benzene rings is 1. The minimum Gasteiger partial charge on any atom is -0.258 e. The van der Waals surface area contributed by atoms with Crippen LogP contribution in [0.5, 0.6) is 0 Å². The minimum atomic E-state index is -0.446. The maximum atomic E-state index is 11.8. The molecule has 1 rings (SSSR count). The van der Waals surface area contributed by atoms with Gasteiger partial charge >= 0.3 is 0 Å². The van der Waals surface area contributed by atoms with Crippen LogP contribution in [-0.4, -0.2) is 11.6 Å². The van der Waals surface area contributed by atoms with Crippen molar-refractivity contribution < 1.29 is 9.31 Å². The van der Waals surface area contributed by atoms with Crippen LogP contribution in [0.25, 0.3) is 0 Å². The van der Waals surface area contributed by atoms with E-state index in [1.165, 1.54) is 12.1 Å². The number of halogens is 1. The summed E-state index contributed by atoms with van der Waals surface area (Å²) in [5.41, 5.74) is 0.800. The average Bonchev–Trinajstić information content (AvgIpc) is 2.29. The molecule has 0 aliphatic carbocycles. The topological polar surface area (TPSA) is 43.1 Å². The molecule has 3 nitrogen and oxygen atoms in total. The molecule has 1 aromatic carbocycles. The molecule has 0 saturated heterocycles. The highest BCUT2D eigenvalue weighted by Crippen LogP contribution is 2.10. The quantitative estimate of drug-likeness (QED) is 0.339. The SMILES string of the molecule is O=[N+]([O-])c1ccc(C#CCCCCF)cc1. The fourth-order valence-electron chi connectivity index (χ4n) is 1.14. The normalized spacial score (nSPS) is 9.31. The maximum absolute atomic E-state index is 11.8. The molecule has 0 aliphatic heterocycles. The van der Waals surface area contributed by atoms with Gasteiger partial charge in [0.2, 0.25) is 0 Å². The Bertz CT molecular complexity index is 403. The second kappa shape index (κ2) is 6.57. The molecule has 0 radical (unpaired) electrons. The van der Waals surface area contributed by atoms with Crippen molar-refractivity contribution in [2.75, 3.05) is 6.67 Å². The van der Waals surface area contributed by atoms with E-state index >= 15 is 0 Å². The molecular weight excluding hydrogens is 209 g/mol. The third-order valence-electron chi connectivity index (χ3n) is 2.00. The van der Waals surface area contributed by atoms with Gasteiger partial charge in [-0.15, -0.1) is 0 Å². The van der Waals surface area contributed by atoms with Crippen LogP contribution in [0, 0.1) is 22.0 Å². The predicted octanol–water partition coefficient (Wildman–Crippen LogP) is 3.09. The lowest BCUT2D eigenvalue weighted by Gasteiger charge is -1.91. The Morgan fingerprint density at radius 2 is 1.94 bits per heavy atom. The summed E-state index contributed by atoms with van der Waals surface area (Å²) in [6.07, 6.45) is 1.94. The Morgan fingerprint density at radius 3 is 2.50 bits per heavy atom. The molecule has 1 aromatic rings. The van der Waals surface area contributed by atoms with Crippen molar-refractivity contribution in [2.45, 2.75) is 19.3 Å². The number of nitrogens with zero attached hydrogens (tertiary/aromatic N) is 1. The van der Waals surface area contributed by atoms with Gasteiger partial charge in [0.05, 0.1) is 11.6 Å². The van der Waals surface area contributed by atoms with E-state index in [2.05, 4.69) is 11.8 Å². The molecule has 0 fully saturated rings. The van der Waals surface area contributed by atoms with E-state index in [1.54, 1.807) is 12.1 Å². The molecule has 84 valence electrons. The van der Waals surface area contributed by atoms with Gasteiger partial charge in [-0.3, -0.25) is 14.5 Å². The monoisotopic (exact) mass is 221 g/mol. The number of rotatable bonds is 4. The summed E-state index contributed by atoms with van der Waals surface area (Å²) < 4.78 is 11.8. The summed E-state index contributed by atoms with van der Waals surface area (Å²) >= 11 is 0. The summed E-state index contributed by atoms with van der Waals surface area (Å²) in [6.45, 7) is -0.306. The van der Waals surface area contributed by atoms with Crippen molar-refractivity contribution in [3.63, 3.8) is 0 Å². The molecule has 0 bridgehead atoms. The molecule has 0 spiro atoms. The van der Waals surface area contributed by atoms with E-state index in [9.17, 15) is 14.5 Å². The highest BCUT2D eigenvalue weighted by Gasteiger charge is 2.01. The van der Waals surface area contributed by atoms with Gasteiger partial charge in [0.25, 0.3) is 5.69 Å². The van der Waals surface area contributed by atoms with Crippen molar-refractivity contribution >= 4 is 5.69 Å². The Morgan fingerprint density at radius 1 is 1.25 bits per heavy atom. The third kappa shape index (κ3) is 4.09. The highest BCUT2D eigenvalue weighted by molar-refractivity contribution is 5.40. The lowest BCUT2D eigenvalue weighted by Crippen LogP contribution is -1.86. The Kier molecular flexibility index (Phi) is 5.00. The van der Waals surface area contributed by atoms with Crippen LogP contribution in [-0.2, 0) is 0 Å². The molecule has 0 aliphatic rings. The van der Waals surface area contributed by atoms with Gasteiger partial charge < -0.3 is 0 Å². The number of non-ortho nitro benzene ring substituents is 1. The van der Waals surface area contributed by atoms with Crippen molar-refractivity contribution in [1.82, 2.24) is 0 Å². The Hall–Kier alpha value is -1.89. The summed E-state index contributed by atoms with van der Waals surface area (Å²) in [6, 6.07) is 6.07. The van der Waals surface area contributed by atoms with Crippen LogP contribution in [0.1, 0.15) is 24.8 Å². The number of hydrogen-bond donors (Lipinski definition) is 0. The molecule has 4 heteroatoms. The smallest absolute Gasteiger partial charge is 0.258 e. The third-order valence-corrected chi connectivity index (χ3v) is 2.00. The van der Waals surface area contributed by atoms with Gasteiger partial charge in [-0.05, 0) is 25.0 Å².